The van der Waals surface area contributed by atoms with Crippen molar-refractivity contribution < 1.29 is 23.8 Å². The van der Waals surface area contributed by atoms with Gasteiger partial charge in [0.15, 0.2) is 0 Å². The molecular weight excluding hydrogens is 372 g/mol. The fraction of sp³-hybridized carbons (Fsp3) is 0.0909. The summed E-state index contributed by atoms with van der Waals surface area (Å²) in [7, 11) is 0. The van der Waals surface area contributed by atoms with Crippen molar-refractivity contribution >= 4 is 17.8 Å². The number of carbonyl (C=O) groups excluding carboxylic acids is 2. The fourth-order valence-electron chi connectivity index (χ4n) is 2.50. The van der Waals surface area contributed by atoms with E-state index in [2.05, 4.69) is 5.43 Å². The van der Waals surface area contributed by atoms with Crippen molar-refractivity contribution in [3.8, 4) is 5.75 Å². The van der Waals surface area contributed by atoms with Gasteiger partial charge in [-0.05, 0) is 29.3 Å². The molecule has 3 rings (SSSR count). The molecule has 3 aromatic rings. The fourth-order valence-corrected chi connectivity index (χ4v) is 2.50. The molecule has 0 aliphatic rings. The van der Waals surface area contributed by atoms with Gasteiger partial charge in [0.2, 0.25) is 0 Å². The van der Waals surface area contributed by atoms with Crippen LogP contribution in [0.5, 0.6) is 5.75 Å². The number of ether oxygens (including phenoxy) is 3. The zero-order valence-corrected chi connectivity index (χ0v) is 15.5. The summed E-state index contributed by atoms with van der Waals surface area (Å²) < 4.78 is 15.6. The number of nitrogen functional groups attached to an aromatic ring is 1. The van der Waals surface area contributed by atoms with Crippen LogP contribution in [0.15, 0.2) is 78.9 Å². The second-order valence-electron chi connectivity index (χ2n) is 6.04. The van der Waals surface area contributed by atoms with Gasteiger partial charge < -0.3 is 19.6 Å². The minimum atomic E-state index is -0.931. The third kappa shape index (κ3) is 5.82. The van der Waals surface area contributed by atoms with Crippen LogP contribution in [0.4, 0.5) is 10.5 Å². The first-order valence-corrected chi connectivity index (χ1v) is 8.86. The maximum Gasteiger partial charge on any atom is 0.514 e. The van der Waals surface area contributed by atoms with Gasteiger partial charge in [0.1, 0.15) is 24.5 Å². The Morgan fingerprint density at radius 1 is 0.793 bits per heavy atom. The summed E-state index contributed by atoms with van der Waals surface area (Å²) in [6.07, 6.45) is -0.931. The summed E-state index contributed by atoms with van der Waals surface area (Å²) in [6, 6.07) is 22.9. The summed E-state index contributed by atoms with van der Waals surface area (Å²) >= 11 is 0. The highest BCUT2D eigenvalue weighted by Crippen LogP contribution is 2.24. The number of hydrazine groups is 1. The maximum atomic E-state index is 12.5. The van der Waals surface area contributed by atoms with Crippen molar-refractivity contribution in [3.63, 3.8) is 0 Å². The van der Waals surface area contributed by atoms with Crippen molar-refractivity contribution in [1.82, 2.24) is 0 Å². The number of rotatable bonds is 7. The molecule has 0 atom stereocenters. The third-order valence-electron chi connectivity index (χ3n) is 3.97. The van der Waals surface area contributed by atoms with E-state index in [-0.39, 0.29) is 24.5 Å². The Labute approximate surface area is 168 Å². The Hall–Kier alpha value is -3.84. The van der Waals surface area contributed by atoms with Gasteiger partial charge in [0.05, 0.1) is 0 Å². The quantitative estimate of drug-likeness (QED) is 0.271. The van der Waals surface area contributed by atoms with Gasteiger partial charge in [-0.3, -0.25) is 5.84 Å². The summed E-state index contributed by atoms with van der Waals surface area (Å²) in [5.41, 5.74) is 4.60. The zero-order chi connectivity index (χ0) is 20.5. The minimum Gasteiger partial charge on any atom is -0.457 e. The van der Waals surface area contributed by atoms with Crippen LogP contribution in [0.3, 0.4) is 0 Å². The molecule has 148 valence electrons. The van der Waals surface area contributed by atoms with Crippen molar-refractivity contribution in [2.75, 3.05) is 5.43 Å². The predicted octanol–water partition coefficient (Wildman–Crippen LogP) is 4.04. The zero-order valence-electron chi connectivity index (χ0n) is 15.5. The van der Waals surface area contributed by atoms with Crippen LogP contribution in [0.25, 0.3) is 0 Å². The van der Waals surface area contributed by atoms with Gasteiger partial charge in [-0.1, -0.05) is 60.7 Å². The molecule has 0 unspecified atom stereocenters. The van der Waals surface area contributed by atoms with Crippen LogP contribution in [0, 0.1) is 0 Å². The number of benzene rings is 3. The van der Waals surface area contributed by atoms with Gasteiger partial charge in [-0.2, -0.15) is 0 Å². The highest BCUT2D eigenvalue weighted by Gasteiger charge is 2.18. The van der Waals surface area contributed by atoms with Crippen molar-refractivity contribution in [2.24, 2.45) is 5.84 Å². The molecule has 0 amide bonds. The largest absolute Gasteiger partial charge is 0.514 e. The Morgan fingerprint density at radius 2 is 1.38 bits per heavy atom. The standard InChI is InChI=1S/C22H20N2O5/c23-24-18-11-12-20(29-22(26)28-15-17-9-5-2-6-10-17)19(13-18)21(25)27-14-16-7-3-1-4-8-16/h1-13,24H,14-15,23H2. The minimum absolute atomic E-state index is 0.0140. The molecule has 0 aromatic heterocycles. The number of hydrogen-bond acceptors (Lipinski definition) is 7. The van der Waals surface area contributed by atoms with Crippen LogP contribution >= 0.6 is 0 Å². The predicted molar refractivity (Wildman–Crippen MR) is 107 cm³/mol. The molecule has 3 aromatic carbocycles. The Balaban J connectivity index is 1.67. The van der Waals surface area contributed by atoms with E-state index in [9.17, 15) is 9.59 Å². The number of esters is 1. The highest BCUT2D eigenvalue weighted by molar-refractivity contribution is 5.94. The Bertz CT molecular complexity index is 961. The lowest BCUT2D eigenvalue weighted by molar-refractivity contribution is 0.0467. The van der Waals surface area contributed by atoms with E-state index in [1.165, 1.54) is 12.1 Å². The molecule has 0 saturated heterocycles. The Morgan fingerprint density at radius 3 is 1.97 bits per heavy atom. The lowest BCUT2D eigenvalue weighted by Gasteiger charge is -2.12. The molecule has 0 heterocycles. The summed E-state index contributed by atoms with van der Waals surface area (Å²) in [5.74, 6) is 4.77. The van der Waals surface area contributed by atoms with Crippen LogP contribution in [-0.4, -0.2) is 12.1 Å². The molecule has 0 bridgehead atoms. The van der Waals surface area contributed by atoms with Crippen molar-refractivity contribution in [1.29, 1.82) is 0 Å². The van der Waals surface area contributed by atoms with E-state index in [0.717, 1.165) is 11.1 Å². The van der Waals surface area contributed by atoms with Crippen LogP contribution < -0.4 is 16.0 Å². The lowest BCUT2D eigenvalue weighted by Crippen LogP contribution is -2.15. The Kier molecular flexibility index (Phi) is 6.80. The second-order valence-corrected chi connectivity index (χ2v) is 6.04. The number of nitrogens with one attached hydrogen (secondary N) is 1. The van der Waals surface area contributed by atoms with Crippen LogP contribution in [-0.2, 0) is 22.7 Å². The van der Waals surface area contributed by atoms with E-state index in [1.807, 2.05) is 60.7 Å². The maximum absolute atomic E-state index is 12.5. The van der Waals surface area contributed by atoms with E-state index >= 15 is 0 Å². The highest BCUT2D eigenvalue weighted by atomic mass is 16.7. The normalized spacial score (nSPS) is 10.1. The van der Waals surface area contributed by atoms with E-state index in [4.69, 9.17) is 20.1 Å². The molecule has 0 aliphatic heterocycles. The second kappa shape index (κ2) is 9.91. The smallest absolute Gasteiger partial charge is 0.457 e. The molecule has 0 fully saturated rings. The van der Waals surface area contributed by atoms with Gasteiger partial charge in [-0.25, -0.2) is 9.59 Å². The van der Waals surface area contributed by atoms with E-state index < -0.39 is 12.1 Å². The summed E-state index contributed by atoms with van der Waals surface area (Å²) in [6.45, 7) is 0.133. The molecule has 0 saturated carbocycles. The molecule has 0 spiro atoms. The molecule has 7 heteroatoms. The number of anilines is 1. The number of carbonyl (C=O) groups is 2. The molecule has 3 N–H and O–H groups in total. The van der Waals surface area contributed by atoms with Crippen LogP contribution in [0.2, 0.25) is 0 Å². The third-order valence-corrected chi connectivity index (χ3v) is 3.97. The van der Waals surface area contributed by atoms with E-state index in [1.54, 1.807) is 6.07 Å². The number of hydrogen-bond donors (Lipinski definition) is 2. The van der Waals surface area contributed by atoms with Crippen molar-refractivity contribution in [2.45, 2.75) is 13.2 Å². The first-order valence-electron chi connectivity index (χ1n) is 8.86. The molecule has 7 nitrogen and oxygen atoms in total. The molecule has 29 heavy (non-hydrogen) atoms. The topological polar surface area (TPSA) is 99.9 Å². The van der Waals surface area contributed by atoms with Gasteiger partial charge in [0, 0.05) is 5.69 Å². The van der Waals surface area contributed by atoms with Crippen LogP contribution in [0.1, 0.15) is 21.5 Å². The van der Waals surface area contributed by atoms with Crippen molar-refractivity contribution in [3.05, 3.63) is 95.6 Å². The van der Waals surface area contributed by atoms with Gasteiger partial charge in [0.25, 0.3) is 0 Å². The average Bonchev–Trinajstić information content (AvgIpc) is 2.77. The summed E-state index contributed by atoms with van der Waals surface area (Å²) in [4.78, 5) is 24.6. The van der Waals surface area contributed by atoms with Gasteiger partial charge >= 0.3 is 12.1 Å². The molecular formula is C22H20N2O5. The first kappa shape index (κ1) is 19.9. The average molecular weight is 392 g/mol. The lowest BCUT2D eigenvalue weighted by atomic mass is 10.1. The van der Waals surface area contributed by atoms with E-state index in [0.29, 0.717) is 5.69 Å². The molecule has 0 radical (unpaired) electrons. The monoisotopic (exact) mass is 392 g/mol. The SMILES string of the molecule is NNc1ccc(OC(=O)OCc2ccccc2)c(C(=O)OCc2ccccc2)c1. The molecule has 0 aliphatic carbocycles. The summed E-state index contributed by atoms with van der Waals surface area (Å²) in [5, 5.41) is 0. The van der Waals surface area contributed by atoms with Gasteiger partial charge in [-0.15, -0.1) is 0 Å². The first-order chi connectivity index (χ1) is 14.2. The number of nitrogens with two attached hydrogens (primary N) is 1.